The summed E-state index contributed by atoms with van der Waals surface area (Å²) in [6.07, 6.45) is 0.972. The lowest BCUT2D eigenvalue weighted by Crippen LogP contribution is -2.48. The molecule has 0 aliphatic heterocycles. The van der Waals surface area contributed by atoms with Gasteiger partial charge in [-0.25, -0.2) is 4.79 Å². The van der Waals surface area contributed by atoms with Gasteiger partial charge in [-0.15, -0.1) is 0 Å². The van der Waals surface area contributed by atoms with Crippen molar-refractivity contribution in [3.8, 4) is 0 Å². The van der Waals surface area contributed by atoms with Crippen LogP contribution in [-0.4, -0.2) is 19.1 Å². The van der Waals surface area contributed by atoms with E-state index in [0.29, 0.717) is 6.61 Å². The monoisotopic (exact) mass is 263 g/mol. The summed E-state index contributed by atoms with van der Waals surface area (Å²) in [7, 11) is 0. The zero-order valence-electron chi connectivity index (χ0n) is 12.7. The summed E-state index contributed by atoms with van der Waals surface area (Å²) in [4.78, 5) is 12.4. The van der Waals surface area contributed by atoms with Gasteiger partial charge in [0.25, 0.3) is 0 Å². The van der Waals surface area contributed by atoms with E-state index in [1.165, 1.54) is 0 Å². The first-order valence-electron chi connectivity index (χ1n) is 6.95. The summed E-state index contributed by atoms with van der Waals surface area (Å²) in [5.74, 6) is -0.211. The average Bonchev–Trinajstić information content (AvgIpc) is 2.39. The van der Waals surface area contributed by atoms with Gasteiger partial charge in [-0.1, -0.05) is 30.7 Å². The second-order valence-electron chi connectivity index (χ2n) is 5.09. The lowest BCUT2D eigenvalue weighted by Gasteiger charge is -2.30. The van der Waals surface area contributed by atoms with Crippen LogP contribution in [0.1, 0.15) is 43.9 Å². The largest absolute Gasteiger partial charge is 0.464 e. The number of benzene rings is 1. The molecule has 1 aromatic rings. The summed E-state index contributed by atoms with van der Waals surface area (Å²) < 4.78 is 5.25. The Kier molecular flexibility index (Phi) is 5.55. The van der Waals surface area contributed by atoms with E-state index in [0.717, 1.165) is 29.7 Å². The maximum Gasteiger partial charge on any atom is 0.330 e. The van der Waals surface area contributed by atoms with Gasteiger partial charge in [0.1, 0.15) is 5.54 Å². The van der Waals surface area contributed by atoms with Crippen molar-refractivity contribution in [2.75, 3.05) is 13.2 Å². The molecule has 106 valence electrons. The molecule has 3 heteroatoms. The Morgan fingerprint density at radius 3 is 2.58 bits per heavy atom. The lowest BCUT2D eigenvalue weighted by molar-refractivity contribution is -0.151. The maximum atomic E-state index is 12.4. The van der Waals surface area contributed by atoms with Crippen LogP contribution in [0.3, 0.4) is 0 Å². The molecule has 0 aliphatic rings. The van der Waals surface area contributed by atoms with Crippen molar-refractivity contribution in [3.63, 3.8) is 0 Å². The van der Waals surface area contributed by atoms with E-state index in [4.69, 9.17) is 4.74 Å². The molecular formula is C16H25NO2. The molecule has 19 heavy (non-hydrogen) atoms. The van der Waals surface area contributed by atoms with Crippen molar-refractivity contribution in [1.29, 1.82) is 0 Å². The zero-order valence-corrected chi connectivity index (χ0v) is 12.7. The van der Waals surface area contributed by atoms with Gasteiger partial charge in [0, 0.05) is 0 Å². The van der Waals surface area contributed by atoms with Gasteiger partial charge in [-0.3, -0.25) is 5.32 Å². The highest BCUT2D eigenvalue weighted by Crippen LogP contribution is 2.27. The number of hydrogen-bond acceptors (Lipinski definition) is 3. The summed E-state index contributed by atoms with van der Waals surface area (Å²) in [5, 5.41) is 3.34. The highest BCUT2D eigenvalue weighted by Gasteiger charge is 2.37. The van der Waals surface area contributed by atoms with E-state index in [1.807, 2.05) is 27.7 Å². The number of esters is 1. The van der Waals surface area contributed by atoms with Crippen molar-refractivity contribution in [3.05, 3.63) is 34.9 Å². The van der Waals surface area contributed by atoms with Crippen LogP contribution in [0.4, 0.5) is 0 Å². The first kappa shape index (κ1) is 15.7. The number of rotatable bonds is 6. The van der Waals surface area contributed by atoms with Crippen molar-refractivity contribution in [2.45, 2.75) is 46.6 Å². The molecule has 3 nitrogen and oxygen atoms in total. The van der Waals surface area contributed by atoms with Crippen LogP contribution in [0.25, 0.3) is 0 Å². The summed E-state index contributed by atoms with van der Waals surface area (Å²) in [6, 6.07) is 6.18. The van der Waals surface area contributed by atoms with E-state index in [-0.39, 0.29) is 5.97 Å². The Morgan fingerprint density at radius 2 is 2.00 bits per heavy atom. The number of aryl methyl sites for hydroxylation is 2. The van der Waals surface area contributed by atoms with Crippen molar-refractivity contribution < 1.29 is 9.53 Å². The third-order valence-corrected chi connectivity index (χ3v) is 3.34. The fourth-order valence-electron chi connectivity index (χ4n) is 2.20. The number of carbonyl (C=O) groups excluding carboxylic acids is 1. The summed E-state index contributed by atoms with van der Waals surface area (Å²) in [5.41, 5.74) is 2.47. The van der Waals surface area contributed by atoms with E-state index >= 15 is 0 Å². The van der Waals surface area contributed by atoms with Crippen LogP contribution in [-0.2, 0) is 15.1 Å². The summed E-state index contributed by atoms with van der Waals surface area (Å²) in [6.45, 7) is 11.1. The Balaban J connectivity index is 3.21. The quantitative estimate of drug-likeness (QED) is 0.802. The van der Waals surface area contributed by atoms with E-state index in [2.05, 4.69) is 30.4 Å². The molecule has 0 bridgehead atoms. The molecule has 1 unspecified atom stereocenters. The molecule has 0 saturated carbocycles. The van der Waals surface area contributed by atoms with Crippen LogP contribution in [0.2, 0.25) is 0 Å². The molecule has 0 aliphatic carbocycles. The van der Waals surface area contributed by atoms with Gasteiger partial charge >= 0.3 is 5.97 Å². The third-order valence-electron chi connectivity index (χ3n) is 3.34. The number of nitrogens with one attached hydrogen (secondary N) is 1. The van der Waals surface area contributed by atoms with E-state index in [1.54, 1.807) is 0 Å². The van der Waals surface area contributed by atoms with Crippen molar-refractivity contribution in [1.82, 2.24) is 5.32 Å². The van der Waals surface area contributed by atoms with Gasteiger partial charge in [0.05, 0.1) is 6.61 Å². The first-order chi connectivity index (χ1) is 8.95. The molecule has 1 rings (SSSR count). The Labute approximate surface area is 116 Å². The predicted molar refractivity (Wildman–Crippen MR) is 78.2 cm³/mol. The van der Waals surface area contributed by atoms with Gasteiger partial charge in [0.2, 0.25) is 0 Å². The molecule has 1 aromatic carbocycles. The third kappa shape index (κ3) is 3.57. The fraction of sp³-hybridized carbons (Fsp3) is 0.562. The normalized spacial score (nSPS) is 13.9. The summed E-state index contributed by atoms with van der Waals surface area (Å²) >= 11 is 0. The van der Waals surface area contributed by atoms with Gasteiger partial charge in [-0.2, -0.15) is 0 Å². The molecule has 0 fully saturated rings. The van der Waals surface area contributed by atoms with E-state index in [9.17, 15) is 4.79 Å². The smallest absolute Gasteiger partial charge is 0.330 e. The SMILES string of the molecule is CCCNC(C)(C(=O)OCC)c1cc(C)ccc1C. The second kappa shape index (κ2) is 6.71. The molecule has 1 N–H and O–H groups in total. The number of carbonyl (C=O) groups is 1. The number of ether oxygens (including phenoxy) is 1. The Bertz CT molecular complexity index is 442. The van der Waals surface area contributed by atoms with Crippen LogP contribution in [0.15, 0.2) is 18.2 Å². The minimum atomic E-state index is -0.776. The topological polar surface area (TPSA) is 38.3 Å². The molecular weight excluding hydrogens is 238 g/mol. The number of hydrogen-bond donors (Lipinski definition) is 1. The highest BCUT2D eigenvalue weighted by molar-refractivity contribution is 5.82. The van der Waals surface area contributed by atoms with E-state index < -0.39 is 5.54 Å². The molecule has 1 atom stereocenters. The van der Waals surface area contributed by atoms with Crippen LogP contribution in [0, 0.1) is 13.8 Å². The van der Waals surface area contributed by atoms with Crippen molar-refractivity contribution >= 4 is 5.97 Å². The van der Waals surface area contributed by atoms with Gasteiger partial charge in [0.15, 0.2) is 0 Å². The maximum absolute atomic E-state index is 12.4. The Morgan fingerprint density at radius 1 is 1.32 bits per heavy atom. The fourth-order valence-corrected chi connectivity index (χ4v) is 2.20. The molecule has 0 spiro atoms. The molecule has 0 radical (unpaired) electrons. The molecule has 0 aromatic heterocycles. The second-order valence-corrected chi connectivity index (χ2v) is 5.09. The molecule has 0 saturated heterocycles. The first-order valence-corrected chi connectivity index (χ1v) is 6.95. The zero-order chi connectivity index (χ0) is 14.5. The molecule has 0 amide bonds. The van der Waals surface area contributed by atoms with Gasteiger partial charge < -0.3 is 4.74 Å². The minimum absolute atomic E-state index is 0.211. The highest BCUT2D eigenvalue weighted by atomic mass is 16.5. The van der Waals surface area contributed by atoms with Crippen molar-refractivity contribution in [2.24, 2.45) is 0 Å². The van der Waals surface area contributed by atoms with Crippen LogP contribution in [0.5, 0.6) is 0 Å². The standard InChI is InChI=1S/C16H25NO2/c1-6-10-17-16(5,15(18)19-7-2)14-11-12(3)8-9-13(14)4/h8-9,11,17H,6-7,10H2,1-5H3. The minimum Gasteiger partial charge on any atom is -0.464 e. The predicted octanol–water partition coefficient (Wildman–Crippen LogP) is 3.08. The lowest BCUT2D eigenvalue weighted by atomic mass is 9.87. The van der Waals surface area contributed by atoms with Gasteiger partial charge in [-0.05, 0) is 51.8 Å². The Hall–Kier alpha value is -1.35. The van der Waals surface area contributed by atoms with Crippen LogP contribution >= 0.6 is 0 Å². The molecule has 0 heterocycles. The average molecular weight is 263 g/mol. The van der Waals surface area contributed by atoms with Crippen LogP contribution < -0.4 is 5.32 Å².